The van der Waals surface area contributed by atoms with Crippen LogP contribution < -0.4 is 10.2 Å². The average molecular weight is 272 g/mol. The molecule has 0 aliphatic rings. The maximum Gasteiger partial charge on any atom is 0.284 e. The summed E-state index contributed by atoms with van der Waals surface area (Å²) in [5.74, 6) is 0.582. The average Bonchev–Trinajstić information content (AvgIpc) is 2.28. The monoisotopic (exact) mass is 271 g/mol. The molecule has 1 rings (SSSR count). The standard InChI is InChI=1S/C13H18ClNO3/c1-9(2)8-17-15-13(16)10(3)18-12-6-4-5-11(14)7-12/h4-7,9-10H,8H2,1-3H3,(H,15,16). The molecule has 1 N–H and O–H groups in total. The predicted octanol–water partition coefficient (Wildman–Crippen LogP) is 2.81. The smallest absolute Gasteiger partial charge is 0.284 e. The van der Waals surface area contributed by atoms with Crippen molar-refractivity contribution in [1.82, 2.24) is 5.48 Å². The summed E-state index contributed by atoms with van der Waals surface area (Å²) in [4.78, 5) is 16.7. The Kier molecular flexibility index (Phi) is 5.95. The van der Waals surface area contributed by atoms with E-state index in [0.29, 0.717) is 23.3 Å². The molecule has 0 aromatic heterocycles. The Morgan fingerprint density at radius 1 is 1.39 bits per heavy atom. The fourth-order valence-electron chi connectivity index (χ4n) is 1.16. The Morgan fingerprint density at radius 2 is 2.11 bits per heavy atom. The summed E-state index contributed by atoms with van der Waals surface area (Å²) >= 11 is 5.82. The second-order valence-electron chi connectivity index (χ2n) is 4.39. The molecule has 100 valence electrons. The molecule has 18 heavy (non-hydrogen) atoms. The van der Waals surface area contributed by atoms with Crippen LogP contribution >= 0.6 is 11.6 Å². The topological polar surface area (TPSA) is 47.6 Å². The third-order valence-electron chi connectivity index (χ3n) is 2.07. The van der Waals surface area contributed by atoms with Crippen molar-refractivity contribution in [3.8, 4) is 5.75 Å². The van der Waals surface area contributed by atoms with E-state index in [1.165, 1.54) is 0 Å². The van der Waals surface area contributed by atoms with Gasteiger partial charge in [0.05, 0.1) is 6.61 Å². The summed E-state index contributed by atoms with van der Waals surface area (Å²) in [7, 11) is 0. The van der Waals surface area contributed by atoms with Crippen LogP contribution in [0.4, 0.5) is 0 Å². The number of hydroxylamine groups is 1. The molecule has 0 heterocycles. The van der Waals surface area contributed by atoms with Gasteiger partial charge in [0.2, 0.25) is 0 Å². The normalized spacial score (nSPS) is 12.3. The lowest BCUT2D eigenvalue weighted by atomic mass is 10.2. The Labute approximate surface area is 112 Å². The molecule has 0 bridgehead atoms. The largest absolute Gasteiger partial charge is 0.481 e. The Hall–Kier alpha value is -1.26. The molecule has 1 aromatic rings. The van der Waals surface area contributed by atoms with Gasteiger partial charge >= 0.3 is 0 Å². The molecule has 1 amide bonds. The fourth-order valence-corrected chi connectivity index (χ4v) is 1.34. The predicted molar refractivity (Wildman–Crippen MR) is 70.5 cm³/mol. The number of rotatable bonds is 6. The van der Waals surface area contributed by atoms with Crippen LogP contribution in [0, 0.1) is 5.92 Å². The molecule has 0 saturated carbocycles. The quantitative estimate of drug-likeness (QED) is 0.810. The number of benzene rings is 1. The van der Waals surface area contributed by atoms with Crippen molar-refractivity contribution in [1.29, 1.82) is 0 Å². The van der Waals surface area contributed by atoms with Crippen molar-refractivity contribution in [2.24, 2.45) is 5.92 Å². The molecule has 0 aliphatic heterocycles. The molecule has 0 aliphatic carbocycles. The summed E-state index contributed by atoms with van der Waals surface area (Å²) < 4.78 is 5.44. The maximum absolute atomic E-state index is 11.6. The van der Waals surface area contributed by atoms with Crippen molar-refractivity contribution in [2.75, 3.05) is 6.61 Å². The van der Waals surface area contributed by atoms with Crippen molar-refractivity contribution < 1.29 is 14.4 Å². The van der Waals surface area contributed by atoms with Gasteiger partial charge in [-0.1, -0.05) is 31.5 Å². The molecular formula is C13H18ClNO3. The summed E-state index contributed by atoms with van der Waals surface area (Å²) in [5, 5.41) is 0.566. The first kappa shape index (κ1) is 14.8. The van der Waals surface area contributed by atoms with E-state index in [2.05, 4.69) is 5.48 Å². The van der Waals surface area contributed by atoms with E-state index in [9.17, 15) is 4.79 Å². The van der Waals surface area contributed by atoms with Crippen LogP contribution in [0.5, 0.6) is 5.75 Å². The van der Waals surface area contributed by atoms with Gasteiger partial charge in [-0.25, -0.2) is 5.48 Å². The highest BCUT2D eigenvalue weighted by molar-refractivity contribution is 6.30. The van der Waals surface area contributed by atoms with E-state index in [1.807, 2.05) is 13.8 Å². The van der Waals surface area contributed by atoms with Crippen LogP contribution in [0.3, 0.4) is 0 Å². The van der Waals surface area contributed by atoms with E-state index >= 15 is 0 Å². The van der Waals surface area contributed by atoms with Gasteiger partial charge in [-0.05, 0) is 31.0 Å². The van der Waals surface area contributed by atoms with Gasteiger partial charge in [-0.15, -0.1) is 0 Å². The van der Waals surface area contributed by atoms with Gasteiger partial charge in [-0.2, -0.15) is 0 Å². The SMILES string of the molecule is CC(C)CONC(=O)C(C)Oc1cccc(Cl)c1. The van der Waals surface area contributed by atoms with Crippen LogP contribution in [0.2, 0.25) is 5.02 Å². The number of carbonyl (C=O) groups excluding carboxylic acids is 1. The highest BCUT2D eigenvalue weighted by Crippen LogP contribution is 2.18. The minimum atomic E-state index is -0.643. The van der Waals surface area contributed by atoms with Crippen molar-refractivity contribution >= 4 is 17.5 Å². The third-order valence-corrected chi connectivity index (χ3v) is 2.30. The summed E-state index contributed by atoms with van der Waals surface area (Å²) in [6.45, 7) is 6.11. The first-order valence-electron chi connectivity index (χ1n) is 5.83. The van der Waals surface area contributed by atoms with Crippen LogP contribution in [-0.2, 0) is 9.63 Å². The fraction of sp³-hybridized carbons (Fsp3) is 0.462. The van der Waals surface area contributed by atoms with E-state index in [0.717, 1.165) is 0 Å². The molecule has 0 saturated heterocycles. The molecule has 0 fully saturated rings. The zero-order valence-electron chi connectivity index (χ0n) is 10.8. The van der Waals surface area contributed by atoms with E-state index in [1.54, 1.807) is 31.2 Å². The molecule has 1 atom stereocenters. The molecule has 0 spiro atoms. The number of halogens is 1. The van der Waals surface area contributed by atoms with Gasteiger partial charge in [0.25, 0.3) is 5.91 Å². The zero-order valence-corrected chi connectivity index (χ0v) is 11.5. The van der Waals surface area contributed by atoms with E-state index in [-0.39, 0.29) is 5.91 Å². The molecule has 5 heteroatoms. The van der Waals surface area contributed by atoms with E-state index < -0.39 is 6.10 Å². The summed E-state index contributed by atoms with van der Waals surface area (Å²) in [6, 6.07) is 6.90. The van der Waals surface area contributed by atoms with Crippen molar-refractivity contribution in [3.63, 3.8) is 0 Å². The Bertz CT molecular complexity index is 396. The molecule has 0 radical (unpaired) electrons. The highest BCUT2D eigenvalue weighted by Gasteiger charge is 2.14. The maximum atomic E-state index is 11.6. The van der Waals surface area contributed by atoms with Crippen molar-refractivity contribution in [2.45, 2.75) is 26.9 Å². The van der Waals surface area contributed by atoms with Crippen LogP contribution in [-0.4, -0.2) is 18.6 Å². The number of amides is 1. The summed E-state index contributed by atoms with van der Waals surface area (Å²) in [5.41, 5.74) is 2.35. The molecule has 1 aromatic carbocycles. The summed E-state index contributed by atoms with van der Waals surface area (Å²) in [6.07, 6.45) is -0.643. The minimum Gasteiger partial charge on any atom is -0.481 e. The second kappa shape index (κ2) is 7.24. The molecular weight excluding hydrogens is 254 g/mol. The first-order valence-corrected chi connectivity index (χ1v) is 6.20. The number of ether oxygens (including phenoxy) is 1. The number of carbonyl (C=O) groups is 1. The lowest BCUT2D eigenvalue weighted by molar-refractivity contribution is -0.140. The lowest BCUT2D eigenvalue weighted by Crippen LogP contribution is -2.37. The molecule has 4 nitrogen and oxygen atoms in total. The highest BCUT2D eigenvalue weighted by atomic mass is 35.5. The number of hydrogen-bond donors (Lipinski definition) is 1. The van der Waals surface area contributed by atoms with Gasteiger partial charge in [-0.3, -0.25) is 9.63 Å². The first-order chi connectivity index (χ1) is 8.49. The van der Waals surface area contributed by atoms with E-state index in [4.69, 9.17) is 21.2 Å². The third kappa shape index (κ3) is 5.38. The molecule has 1 unspecified atom stereocenters. The van der Waals surface area contributed by atoms with Crippen LogP contribution in [0.15, 0.2) is 24.3 Å². The van der Waals surface area contributed by atoms with Crippen molar-refractivity contribution in [3.05, 3.63) is 29.3 Å². The van der Waals surface area contributed by atoms with Gasteiger partial charge in [0.15, 0.2) is 6.10 Å². The second-order valence-corrected chi connectivity index (χ2v) is 4.83. The van der Waals surface area contributed by atoms with Crippen LogP contribution in [0.1, 0.15) is 20.8 Å². The Morgan fingerprint density at radius 3 is 2.72 bits per heavy atom. The lowest BCUT2D eigenvalue weighted by Gasteiger charge is -2.15. The van der Waals surface area contributed by atoms with Crippen LogP contribution in [0.25, 0.3) is 0 Å². The Balaban J connectivity index is 2.40. The van der Waals surface area contributed by atoms with Gasteiger partial charge < -0.3 is 4.74 Å². The van der Waals surface area contributed by atoms with Gasteiger partial charge in [0.1, 0.15) is 5.75 Å². The number of hydrogen-bond acceptors (Lipinski definition) is 3. The number of nitrogens with one attached hydrogen (secondary N) is 1. The minimum absolute atomic E-state index is 0.323. The zero-order chi connectivity index (χ0) is 13.5. The van der Waals surface area contributed by atoms with Gasteiger partial charge in [0, 0.05) is 5.02 Å².